The van der Waals surface area contributed by atoms with Crippen molar-refractivity contribution in [1.29, 1.82) is 0 Å². The molecular formula is C12H13F3N4O2. The van der Waals surface area contributed by atoms with Crippen LogP contribution in [0.5, 0.6) is 0 Å². The molecule has 114 valence electrons. The van der Waals surface area contributed by atoms with Crippen LogP contribution in [0, 0.1) is 0 Å². The number of halogens is 3. The summed E-state index contributed by atoms with van der Waals surface area (Å²) >= 11 is 0. The number of carbonyl (C=O) groups is 2. The second-order valence-electron chi connectivity index (χ2n) is 4.70. The molecule has 1 unspecified atom stereocenters. The molecule has 6 nitrogen and oxygen atoms in total. The van der Waals surface area contributed by atoms with E-state index in [9.17, 15) is 22.8 Å². The molecule has 0 saturated carbocycles. The summed E-state index contributed by atoms with van der Waals surface area (Å²) in [5.41, 5.74) is 3.77. The second kappa shape index (κ2) is 5.23. The molecule has 2 heterocycles. The number of anilines is 1. The van der Waals surface area contributed by atoms with Crippen LogP contribution in [0.2, 0.25) is 0 Å². The standard InChI is InChI=1S/C12H13F3N4O2/c1-19-5-4-7(11(19)21)17-10-6(9(16)20)2-3-8(18-10)12(13,14)15/h2-3,7H,4-5H2,1H3,(H2,16,20)(H,17,18). The molecule has 9 heteroatoms. The Hall–Kier alpha value is -2.32. The summed E-state index contributed by atoms with van der Waals surface area (Å²) in [6, 6.07) is 0.904. The fraction of sp³-hybridized carbons (Fsp3) is 0.417. The molecule has 1 aromatic heterocycles. The first-order valence-electron chi connectivity index (χ1n) is 6.09. The van der Waals surface area contributed by atoms with Gasteiger partial charge in [-0.25, -0.2) is 4.98 Å². The van der Waals surface area contributed by atoms with Crippen molar-refractivity contribution in [3.8, 4) is 0 Å². The Morgan fingerprint density at radius 2 is 2.14 bits per heavy atom. The molecule has 1 aliphatic rings. The monoisotopic (exact) mass is 302 g/mol. The summed E-state index contributed by atoms with van der Waals surface area (Å²) in [5.74, 6) is -1.52. The van der Waals surface area contributed by atoms with Crippen molar-refractivity contribution in [2.75, 3.05) is 18.9 Å². The first-order chi connectivity index (χ1) is 9.70. The van der Waals surface area contributed by atoms with Crippen LogP contribution in [-0.2, 0) is 11.0 Å². The topological polar surface area (TPSA) is 88.3 Å². The molecule has 0 aromatic carbocycles. The molecule has 0 aliphatic carbocycles. The lowest BCUT2D eigenvalue weighted by Crippen LogP contribution is -2.32. The Morgan fingerprint density at radius 1 is 1.48 bits per heavy atom. The number of pyridine rings is 1. The molecule has 3 N–H and O–H groups in total. The highest BCUT2D eigenvalue weighted by Gasteiger charge is 2.35. The van der Waals surface area contributed by atoms with Gasteiger partial charge in [0.25, 0.3) is 5.91 Å². The zero-order valence-corrected chi connectivity index (χ0v) is 11.1. The minimum Gasteiger partial charge on any atom is -0.365 e. The van der Waals surface area contributed by atoms with E-state index in [0.717, 1.165) is 6.07 Å². The first-order valence-corrected chi connectivity index (χ1v) is 6.09. The van der Waals surface area contributed by atoms with E-state index in [0.29, 0.717) is 19.0 Å². The van der Waals surface area contributed by atoms with Crippen molar-refractivity contribution in [3.05, 3.63) is 23.4 Å². The van der Waals surface area contributed by atoms with Crippen LogP contribution in [0.25, 0.3) is 0 Å². The number of rotatable bonds is 3. The average Bonchev–Trinajstić information content (AvgIpc) is 2.69. The van der Waals surface area contributed by atoms with Gasteiger partial charge in [-0.2, -0.15) is 13.2 Å². The number of nitrogens with two attached hydrogens (primary N) is 1. The van der Waals surface area contributed by atoms with Gasteiger partial charge in [-0.3, -0.25) is 9.59 Å². The third-order valence-corrected chi connectivity index (χ3v) is 3.19. The summed E-state index contributed by atoms with van der Waals surface area (Å²) < 4.78 is 38.0. The Morgan fingerprint density at radius 3 is 2.62 bits per heavy atom. The predicted molar refractivity (Wildman–Crippen MR) is 67.4 cm³/mol. The Labute approximate surface area is 118 Å². The lowest BCUT2D eigenvalue weighted by atomic mass is 10.2. The maximum atomic E-state index is 12.7. The highest BCUT2D eigenvalue weighted by Crippen LogP contribution is 2.30. The fourth-order valence-electron chi connectivity index (χ4n) is 2.05. The molecule has 0 bridgehead atoms. The van der Waals surface area contributed by atoms with Gasteiger partial charge in [-0.1, -0.05) is 0 Å². The van der Waals surface area contributed by atoms with Crippen molar-refractivity contribution in [2.45, 2.75) is 18.6 Å². The van der Waals surface area contributed by atoms with Crippen LogP contribution in [0.1, 0.15) is 22.5 Å². The molecule has 1 fully saturated rings. The van der Waals surface area contributed by atoms with E-state index in [2.05, 4.69) is 10.3 Å². The van der Waals surface area contributed by atoms with E-state index < -0.39 is 23.8 Å². The first kappa shape index (κ1) is 15.1. The van der Waals surface area contributed by atoms with E-state index in [1.165, 1.54) is 4.90 Å². The third kappa shape index (κ3) is 3.06. The highest BCUT2D eigenvalue weighted by atomic mass is 19.4. The number of nitrogens with zero attached hydrogens (tertiary/aromatic N) is 2. The zero-order valence-electron chi connectivity index (χ0n) is 11.1. The molecule has 0 spiro atoms. The summed E-state index contributed by atoms with van der Waals surface area (Å²) in [6.45, 7) is 0.474. The van der Waals surface area contributed by atoms with E-state index in [4.69, 9.17) is 5.73 Å². The van der Waals surface area contributed by atoms with Gasteiger partial charge in [0.1, 0.15) is 17.6 Å². The normalized spacial score (nSPS) is 19.0. The molecule has 0 radical (unpaired) electrons. The Balaban J connectivity index is 2.35. The van der Waals surface area contributed by atoms with Crippen molar-refractivity contribution in [3.63, 3.8) is 0 Å². The molecule has 2 rings (SSSR count). The van der Waals surface area contributed by atoms with Crippen LogP contribution in [0.15, 0.2) is 12.1 Å². The van der Waals surface area contributed by atoms with Crippen molar-refractivity contribution in [1.82, 2.24) is 9.88 Å². The second-order valence-corrected chi connectivity index (χ2v) is 4.70. The number of alkyl halides is 3. The van der Waals surface area contributed by atoms with Crippen molar-refractivity contribution < 1.29 is 22.8 Å². The summed E-state index contributed by atoms with van der Waals surface area (Å²) in [6.07, 6.45) is -4.24. The minimum absolute atomic E-state index is 0.189. The predicted octanol–water partition coefficient (Wildman–Crippen LogP) is 0.842. The smallest absolute Gasteiger partial charge is 0.365 e. The van der Waals surface area contributed by atoms with E-state index in [1.807, 2.05) is 0 Å². The lowest BCUT2D eigenvalue weighted by molar-refractivity contribution is -0.141. The molecule has 1 aromatic rings. The SMILES string of the molecule is CN1CCC(Nc2nc(C(F)(F)F)ccc2C(N)=O)C1=O. The van der Waals surface area contributed by atoms with Gasteiger partial charge in [0.2, 0.25) is 5.91 Å². The Bertz CT molecular complexity index is 588. The number of likely N-dealkylation sites (tertiary alicyclic amines) is 1. The van der Waals surface area contributed by atoms with Crippen LogP contribution < -0.4 is 11.1 Å². The summed E-state index contributed by atoms with van der Waals surface area (Å²) in [4.78, 5) is 27.9. The largest absolute Gasteiger partial charge is 0.433 e. The van der Waals surface area contributed by atoms with Gasteiger partial charge in [0.05, 0.1) is 5.56 Å². The zero-order chi connectivity index (χ0) is 15.8. The number of carbonyl (C=O) groups excluding carboxylic acids is 2. The molecule has 1 aliphatic heterocycles. The highest BCUT2D eigenvalue weighted by molar-refractivity contribution is 5.98. The maximum Gasteiger partial charge on any atom is 0.433 e. The van der Waals surface area contributed by atoms with E-state index in [-0.39, 0.29) is 17.3 Å². The number of amides is 2. The third-order valence-electron chi connectivity index (χ3n) is 3.19. The maximum absolute atomic E-state index is 12.7. The number of likely N-dealkylation sites (N-methyl/N-ethyl adjacent to an activating group) is 1. The van der Waals surface area contributed by atoms with Gasteiger partial charge in [0, 0.05) is 13.6 Å². The van der Waals surface area contributed by atoms with Gasteiger partial charge in [0.15, 0.2) is 0 Å². The molecular weight excluding hydrogens is 289 g/mol. The average molecular weight is 302 g/mol. The Kier molecular flexibility index (Phi) is 3.75. The van der Waals surface area contributed by atoms with Gasteiger partial charge >= 0.3 is 6.18 Å². The van der Waals surface area contributed by atoms with Crippen molar-refractivity contribution in [2.24, 2.45) is 5.73 Å². The van der Waals surface area contributed by atoms with E-state index in [1.54, 1.807) is 7.05 Å². The summed E-state index contributed by atoms with van der Waals surface area (Å²) in [5, 5.41) is 2.58. The van der Waals surface area contributed by atoms with Crippen molar-refractivity contribution >= 4 is 17.6 Å². The van der Waals surface area contributed by atoms with Crippen LogP contribution in [0.4, 0.5) is 19.0 Å². The van der Waals surface area contributed by atoms with E-state index >= 15 is 0 Å². The molecule has 21 heavy (non-hydrogen) atoms. The number of nitrogens with one attached hydrogen (secondary N) is 1. The van der Waals surface area contributed by atoms with Gasteiger partial charge < -0.3 is 16.0 Å². The van der Waals surface area contributed by atoms with Gasteiger partial charge in [-0.05, 0) is 18.6 Å². The summed E-state index contributed by atoms with van der Waals surface area (Å²) in [7, 11) is 1.58. The minimum atomic E-state index is -4.65. The molecule has 1 atom stereocenters. The van der Waals surface area contributed by atoms with Crippen LogP contribution >= 0.6 is 0 Å². The molecule has 2 amide bonds. The quantitative estimate of drug-likeness (QED) is 0.866. The fourth-order valence-corrected chi connectivity index (χ4v) is 2.05. The number of hydrogen-bond donors (Lipinski definition) is 2. The molecule has 1 saturated heterocycles. The lowest BCUT2D eigenvalue weighted by Gasteiger charge is -2.16. The van der Waals surface area contributed by atoms with Crippen LogP contribution in [0.3, 0.4) is 0 Å². The van der Waals surface area contributed by atoms with Crippen LogP contribution in [-0.4, -0.2) is 41.3 Å². The number of hydrogen-bond acceptors (Lipinski definition) is 4. The number of primary amides is 1. The number of aromatic nitrogens is 1. The van der Waals surface area contributed by atoms with Gasteiger partial charge in [-0.15, -0.1) is 0 Å².